The monoisotopic (exact) mass is 340 g/mol. The van der Waals surface area contributed by atoms with E-state index in [9.17, 15) is 0 Å². The number of rotatable bonds is 12. The summed E-state index contributed by atoms with van der Waals surface area (Å²) in [5, 5.41) is -0.412. The summed E-state index contributed by atoms with van der Waals surface area (Å²) in [4.78, 5) is 0. The van der Waals surface area contributed by atoms with Crippen LogP contribution in [0.15, 0.2) is 30.3 Å². The summed E-state index contributed by atoms with van der Waals surface area (Å²) in [7, 11) is -2.98. The maximum atomic E-state index is 6.26. The predicted molar refractivity (Wildman–Crippen MR) is 96.2 cm³/mol. The van der Waals surface area contributed by atoms with E-state index in [1.54, 1.807) is 0 Å². The van der Waals surface area contributed by atoms with Crippen molar-refractivity contribution in [3.05, 3.63) is 35.9 Å². The molecule has 5 nitrogen and oxygen atoms in total. The van der Waals surface area contributed by atoms with Gasteiger partial charge in [-0.3, -0.25) is 0 Å². The lowest BCUT2D eigenvalue weighted by atomic mass is 9.95. The Morgan fingerprint density at radius 3 is 1.83 bits per heavy atom. The Morgan fingerprint density at radius 1 is 0.913 bits per heavy atom. The first kappa shape index (κ1) is 20.3. The zero-order chi connectivity index (χ0) is 17.2. The summed E-state index contributed by atoms with van der Waals surface area (Å²) >= 11 is 0. The second kappa shape index (κ2) is 10.2. The minimum Gasteiger partial charge on any atom is -0.373 e. The molecule has 0 amide bonds. The molecule has 0 spiro atoms. The van der Waals surface area contributed by atoms with Crippen LogP contribution in [0, 0.1) is 0 Å². The van der Waals surface area contributed by atoms with E-state index < -0.39 is 13.8 Å². The Kier molecular flexibility index (Phi) is 8.97. The first-order valence-electron chi connectivity index (χ1n) is 8.49. The van der Waals surface area contributed by atoms with Gasteiger partial charge in [-0.05, 0) is 45.7 Å². The van der Waals surface area contributed by atoms with E-state index in [0.29, 0.717) is 39.3 Å². The Labute approximate surface area is 141 Å². The number of benzene rings is 1. The van der Waals surface area contributed by atoms with Gasteiger partial charge in [0.15, 0.2) is 0 Å². The van der Waals surface area contributed by atoms with Crippen LogP contribution in [0.5, 0.6) is 0 Å². The van der Waals surface area contributed by atoms with Crippen molar-refractivity contribution in [1.29, 1.82) is 0 Å². The van der Waals surface area contributed by atoms with Crippen LogP contribution in [0.1, 0.15) is 32.8 Å². The number of hydrogen-bond donors (Lipinski definition) is 2. The average Bonchev–Trinajstić information content (AvgIpc) is 2.56. The normalized spacial score (nSPS) is 14.7. The maximum Gasteiger partial charge on any atom is 0.509 e. The molecule has 0 aromatic heterocycles. The first-order chi connectivity index (χ1) is 11.1. The summed E-state index contributed by atoms with van der Waals surface area (Å²) in [6.45, 7) is 8.44. The van der Waals surface area contributed by atoms with Crippen LogP contribution in [0.25, 0.3) is 0 Å². The molecule has 0 aliphatic rings. The highest BCUT2D eigenvalue weighted by Gasteiger charge is 2.59. The standard InChI is InChI=1S/C17H32N2O3Si/c1-4-20-23(21-5-2,22-6-3)17(15-19,12-13-18)14-16-10-8-7-9-11-16/h7-11H,4-6,12-15,18-19H2,1-3H3. The van der Waals surface area contributed by atoms with E-state index in [4.69, 9.17) is 24.7 Å². The second-order valence-electron chi connectivity index (χ2n) is 5.54. The van der Waals surface area contributed by atoms with Crippen molar-refractivity contribution in [1.82, 2.24) is 0 Å². The Balaban J connectivity index is 3.30. The smallest absolute Gasteiger partial charge is 0.373 e. The molecule has 6 heteroatoms. The van der Waals surface area contributed by atoms with Gasteiger partial charge < -0.3 is 24.7 Å². The van der Waals surface area contributed by atoms with Gasteiger partial charge >= 0.3 is 8.80 Å². The predicted octanol–water partition coefficient (Wildman–Crippen LogP) is 2.33. The molecule has 4 N–H and O–H groups in total. The second-order valence-corrected chi connectivity index (χ2v) is 8.58. The van der Waals surface area contributed by atoms with Gasteiger partial charge in [0.2, 0.25) is 0 Å². The summed E-state index contributed by atoms with van der Waals surface area (Å²) in [6.07, 6.45) is 1.46. The highest BCUT2D eigenvalue weighted by atomic mass is 28.4. The van der Waals surface area contributed by atoms with Crippen LogP contribution >= 0.6 is 0 Å². The molecule has 1 aromatic rings. The van der Waals surface area contributed by atoms with Crippen LogP contribution in [0.2, 0.25) is 5.04 Å². The van der Waals surface area contributed by atoms with Crippen molar-refractivity contribution in [2.24, 2.45) is 11.5 Å². The van der Waals surface area contributed by atoms with Gasteiger partial charge in [-0.25, -0.2) is 0 Å². The molecule has 0 fully saturated rings. The fourth-order valence-electron chi connectivity index (χ4n) is 3.07. The van der Waals surface area contributed by atoms with Crippen LogP contribution in [-0.4, -0.2) is 41.7 Å². The minimum absolute atomic E-state index is 0.412. The van der Waals surface area contributed by atoms with Gasteiger partial charge in [0, 0.05) is 26.4 Å². The van der Waals surface area contributed by atoms with Gasteiger partial charge in [0.1, 0.15) is 0 Å². The summed E-state index contributed by atoms with van der Waals surface area (Å²) in [5.74, 6) is 0. The van der Waals surface area contributed by atoms with Gasteiger partial charge in [-0.15, -0.1) is 0 Å². The van der Waals surface area contributed by atoms with E-state index in [-0.39, 0.29) is 0 Å². The van der Waals surface area contributed by atoms with Crippen LogP contribution in [0.4, 0.5) is 0 Å². The lowest BCUT2D eigenvalue weighted by molar-refractivity contribution is 0.0418. The molecule has 0 aliphatic carbocycles. The molecule has 1 aromatic carbocycles. The number of hydrogen-bond acceptors (Lipinski definition) is 5. The van der Waals surface area contributed by atoms with Crippen molar-refractivity contribution < 1.29 is 13.3 Å². The minimum atomic E-state index is -2.98. The third kappa shape index (κ3) is 4.85. The van der Waals surface area contributed by atoms with Gasteiger partial charge in [-0.1, -0.05) is 30.3 Å². The van der Waals surface area contributed by atoms with Gasteiger partial charge in [0.05, 0.1) is 5.04 Å². The molecular formula is C17H32N2O3Si. The van der Waals surface area contributed by atoms with Crippen LogP contribution < -0.4 is 11.5 Å². The quantitative estimate of drug-likeness (QED) is 0.571. The highest BCUT2D eigenvalue weighted by molar-refractivity contribution is 6.64. The fraction of sp³-hybridized carbons (Fsp3) is 0.647. The first-order valence-corrected chi connectivity index (χ1v) is 10.2. The highest BCUT2D eigenvalue weighted by Crippen LogP contribution is 2.45. The lowest BCUT2D eigenvalue weighted by Gasteiger charge is -2.45. The molecule has 0 saturated heterocycles. The molecule has 132 valence electrons. The Bertz CT molecular complexity index is 416. The zero-order valence-electron chi connectivity index (χ0n) is 14.7. The van der Waals surface area contributed by atoms with Crippen molar-refractivity contribution in [2.45, 2.75) is 38.7 Å². The largest absolute Gasteiger partial charge is 0.509 e. The lowest BCUT2D eigenvalue weighted by Crippen LogP contribution is -2.60. The summed E-state index contributed by atoms with van der Waals surface area (Å²) in [5.41, 5.74) is 13.4. The molecular weight excluding hydrogens is 308 g/mol. The van der Waals surface area contributed by atoms with Crippen molar-refractivity contribution in [3.63, 3.8) is 0 Å². The average molecular weight is 341 g/mol. The molecule has 1 atom stereocenters. The Hall–Kier alpha value is -0.763. The van der Waals surface area contributed by atoms with E-state index in [2.05, 4.69) is 12.1 Å². The van der Waals surface area contributed by atoms with E-state index in [0.717, 1.165) is 6.42 Å². The fourth-order valence-corrected chi connectivity index (χ4v) is 6.50. The summed E-state index contributed by atoms with van der Waals surface area (Å²) in [6, 6.07) is 10.3. The number of nitrogens with two attached hydrogens (primary N) is 2. The molecule has 23 heavy (non-hydrogen) atoms. The van der Waals surface area contributed by atoms with Crippen molar-refractivity contribution in [3.8, 4) is 0 Å². The van der Waals surface area contributed by atoms with E-state index in [1.807, 2.05) is 39.0 Å². The van der Waals surface area contributed by atoms with Crippen molar-refractivity contribution in [2.75, 3.05) is 32.9 Å². The molecule has 0 aliphatic heterocycles. The van der Waals surface area contributed by atoms with Gasteiger partial charge in [-0.2, -0.15) is 0 Å². The summed E-state index contributed by atoms with van der Waals surface area (Å²) < 4.78 is 18.5. The molecule has 0 radical (unpaired) electrons. The van der Waals surface area contributed by atoms with Crippen molar-refractivity contribution >= 4 is 8.80 Å². The van der Waals surface area contributed by atoms with E-state index >= 15 is 0 Å². The maximum absolute atomic E-state index is 6.26. The third-order valence-corrected chi connectivity index (χ3v) is 7.99. The molecule has 1 rings (SSSR count). The van der Waals surface area contributed by atoms with Crippen LogP contribution in [0.3, 0.4) is 0 Å². The van der Waals surface area contributed by atoms with Gasteiger partial charge in [0.25, 0.3) is 0 Å². The third-order valence-electron chi connectivity index (χ3n) is 4.05. The van der Waals surface area contributed by atoms with E-state index in [1.165, 1.54) is 5.56 Å². The molecule has 0 bridgehead atoms. The SMILES string of the molecule is CCO[Si](OCC)(OCC)C(CN)(CCN)Cc1ccccc1. The topological polar surface area (TPSA) is 79.7 Å². The zero-order valence-corrected chi connectivity index (χ0v) is 15.7. The van der Waals surface area contributed by atoms with Crippen LogP contribution in [-0.2, 0) is 19.7 Å². The molecule has 0 saturated carbocycles. The molecule has 1 unspecified atom stereocenters. The Morgan fingerprint density at radius 2 is 1.43 bits per heavy atom. The molecule has 0 heterocycles.